The second kappa shape index (κ2) is 6.33. The standard InChI is InChI=1S/C20H19NO4/c22-18(23)11-13-12-25-10-9-21(13)20(24)19-16-7-3-1-5-14(16)15-6-2-4-8-17(15)19/h1-8,13,19H,9-12H2,(H,22,23). The molecule has 1 saturated heterocycles. The van der Waals surface area contributed by atoms with Gasteiger partial charge in [0, 0.05) is 6.54 Å². The van der Waals surface area contributed by atoms with Gasteiger partial charge >= 0.3 is 5.97 Å². The predicted octanol–water partition coefficient (Wildman–Crippen LogP) is 2.50. The summed E-state index contributed by atoms with van der Waals surface area (Å²) in [4.78, 5) is 26.3. The molecule has 1 atom stereocenters. The lowest BCUT2D eigenvalue weighted by molar-refractivity contribution is -0.146. The van der Waals surface area contributed by atoms with Gasteiger partial charge in [0.2, 0.25) is 5.91 Å². The molecule has 1 aliphatic carbocycles. The normalized spacial score (nSPS) is 19.4. The van der Waals surface area contributed by atoms with Crippen LogP contribution in [0.4, 0.5) is 0 Å². The van der Waals surface area contributed by atoms with Crippen molar-refractivity contribution in [2.24, 2.45) is 0 Å². The van der Waals surface area contributed by atoms with Crippen LogP contribution in [0.5, 0.6) is 0 Å². The zero-order valence-corrected chi connectivity index (χ0v) is 13.7. The van der Waals surface area contributed by atoms with Crippen molar-refractivity contribution in [3.05, 3.63) is 59.7 Å². The Morgan fingerprint density at radius 3 is 2.24 bits per heavy atom. The maximum absolute atomic E-state index is 13.4. The van der Waals surface area contributed by atoms with Crippen LogP contribution in [-0.4, -0.2) is 47.7 Å². The summed E-state index contributed by atoms with van der Waals surface area (Å²) in [5.74, 6) is -1.32. The zero-order valence-electron chi connectivity index (χ0n) is 13.7. The van der Waals surface area contributed by atoms with Gasteiger partial charge in [0.25, 0.3) is 0 Å². The molecule has 1 N–H and O–H groups in total. The van der Waals surface area contributed by atoms with Crippen molar-refractivity contribution in [3.8, 4) is 11.1 Å². The maximum atomic E-state index is 13.4. The largest absolute Gasteiger partial charge is 0.481 e. The molecule has 2 aliphatic rings. The number of carbonyl (C=O) groups excluding carboxylic acids is 1. The molecule has 0 spiro atoms. The first-order valence-electron chi connectivity index (χ1n) is 8.45. The highest BCUT2D eigenvalue weighted by Gasteiger charge is 2.39. The molecular weight excluding hydrogens is 318 g/mol. The second-order valence-electron chi connectivity index (χ2n) is 6.47. The number of ether oxygens (including phenoxy) is 1. The van der Waals surface area contributed by atoms with Crippen molar-refractivity contribution in [1.82, 2.24) is 4.90 Å². The second-order valence-corrected chi connectivity index (χ2v) is 6.47. The van der Waals surface area contributed by atoms with Crippen LogP contribution in [0.25, 0.3) is 11.1 Å². The van der Waals surface area contributed by atoms with Crippen LogP contribution >= 0.6 is 0 Å². The minimum atomic E-state index is -0.916. The van der Waals surface area contributed by atoms with E-state index in [0.717, 1.165) is 22.3 Å². The van der Waals surface area contributed by atoms with Gasteiger partial charge in [-0.15, -0.1) is 0 Å². The van der Waals surface area contributed by atoms with Gasteiger partial charge in [-0.1, -0.05) is 48.5 Å². The summed E-state index contributed by atoms with van der Waals surface area (Å²) in [6.07, 6.45) is -0.0955. The Labute approximate surface area is 145 Å². The number of aliphatic carboxylic acids is 1. The quantitative estimate of drug-likeness (QED) is 0.934. The van der Waals surface area contributed by atoms with E-state index in [9.17, 15) is 9.59 Å². The third-order valence-corrected chi connectivity index (χ3v) is 5.00. The fourth-order valence-electron chi connectivity index (χ4n) is 3.90. The van der Waals surface area contributed by atoms with Crippen LogP contribution in [-0.2, 0) is 14.3 Å². The van der Waals surface area contributed by atoms with E-state index < -0.39 is 12.0 Å². The molecular formula is C20H19NO4. The zero-order chi connectivity index (χ0) is 17.4. The SMILES string of the molecule is O=C(O)CC1COCCN1C(=O)C1c2ccccc2-c2ccccc21. The van der Waals surface area contributed by atoms with Crippen molar-refractivity contribution in [2.75, 3.05) is 19.8 Å². The van der Waals surface area contributed by atoms with Crippen molar-refractivity contribution < 1.29 is 19.4 Å². The molecule has 0 aromatic heterocycles. The molecule has 5 heteroatoms. The molecule has 2 aromatic rings. The minimum Gasteiger partial charge on any atom is -0.481 e. The molecule has 1 heterocycles. The summed E-state index contributed by atoms with van der Waals surface area (Å²) in [6, 6.07) is 15.5. The number of nitrogens with zero attached hydrogens (tertiary/aromatic N) is 1. The molecule has 1 unspecified atom stereocenters. The average molecular weight is 337 g/mol. The number of hydrogen-bond acceptors (Lipinski definition) is 3. The fraction of sp³-hybridized carbons (Fsp3) is 0.300. The van der Waals surface area contributed by atoms with Gasteiger partial charge in [-0.05, 0) is 22.3 Å². The number of hydrogen-bond donors (Lipinski definition) is 1. The van der Waals surface area contributed by atoms with Gasteiger partial charge in [0.15, 0.2) is 0 Å². The van der Waals surface area contributed by atoms with E-state index in [2.05, 4.69) is 0 Å². The summed E-state index contributed by atoms with van der Waals surface area (Å²) in [6.45, 7) is 1.14. The first kappa shape index (κ1) is 15.8. The van der Waals surface area contributed by atoms with E-state index in [1.54, 1.807) is 4.90 Å². The highest BCUT2D eigenvalue weighted by atomic mass is 16.5. The Morgan fingerprint density at radius 2 is 1.64 bits per heavy atom. The number of carboxylic acid groups (broad SMARTS) is 1. The lowest BCUT2D eigenvalue weighted by atomic mass is 9.94. The Morgan fingerprint density at radius 1 is 1.04 bits per heavy atom. The van der Waals surface area contributed by atoms with Crippen molar-refractivity contribution in [3.63, 3.8) is 0 Å². The minimum absolute atomic E-state index is 0.0352. The van der Waals surface area contributed by atoms with Gasteiger partial charge in [-0.3, -0.25) is 9.59 Å². The lowest BCUT2D eigenvalue weighted by Gasteiger charge is -2.36. The van der Waals surface area contributed by atoms with Crippen LogP contribution in [0.1, 0.15) is 23.5 Å². The molecule has 128 valence electrons. The Bertz CT molecular complexity index is 786. The van der Waals surface area contributed by atoms with Gasteiger partial charge < -0.3 is 14.7 Å². The summed E-state index contributed by atoms with van der Waals surface area (Å²) in [5, 5.41) is 9.15. The number of benzene rings is 2. The van der Waals surface area contributed by atoms with E-state index in [4.69, 9.17) is 9.84 Å². The highest BCUT2D eigenvalue weighted by Crippen LogP contribution is 2.45. The molecule has 1 amide bonds. The highest BCUT2D eigenvalue weighted by molar-refractivity contribution is 5.96. The van der Waals surface area contributed by atoms with Crippen LogP contribution in [0.3, 0.4) is 0 Å². The van der Waals surface area contributed by atoms with Gasteiger partial charge in [-0.25, -0.2) is 0 Å². The Kier molecular flexibility index (Phi) is 4.01. The third-order valence-electron chi connectivity index (χ3n) is 5.00. The van der Waals surface area contributed by atoms with Crippen LogP contribution in [0.2, 0.25) is 0 Å². The number of carboxylic acids is 1. The van der Waals surface area contributed by atoms with Crippen LogP contribution < -0.4 is 0 Å². The number of carbonyl (C=O) groups is 2. The fourth-order valence-corrected chi connectivity index (χ4v) is 3.90. The van der Waals surface area contributed by atoms with Crippen molar-refractivity contribution >= 4 is 11.9 Å². The Hall–Kier alpha value is -2.66. The lowest BCUT2D eigenvalue weighted by Crippen LogP contribution is -2.51. The maximum Gasteiger partial charge on any atom is 0.305 e. The third kappa shape index (κ3) is 2.70. The number of rotatable bonds is 3. The number of fused-ring (bicyclic) bond motifs is 3. The van der Waals surface area contributed by atoms with Crippen LogP contribution in [0, 0.1) is 0 Å². The van der Waals surface area contributed by atoms with E-state index in [1.807, 2.05) is 48.5 Å². The number of amides is 1. The predicted molar refractivity (Wildman–Crippen MR) is 92.3 cm³/mol. The monoisotopic (exact) mass is 337 g/mol. The molecule has 25 heavy (non-hydrogen) atoms. The van der Waals surface area contributed by atoms with Gasteiger partial charge in [0.1, 0.15) is 0 Å². The molecule has 0 radical (unpaired) electrons. The first-order valence-corrected chi connectivity index (χ1v) is 8.45. The molecule has 5 nitrogen and oxygen atoms in total. The first-order chi connectivity index (χ1) is 12.2. The van der Waals surface area contributed by atoms with E-state index in [0.29, 0.717) is 13.2 Å². The Balaban J connectivity index is 1.73. The van der Waals surface area contributed by atoms with E-state index >= 15 is 0 Å². The van der Waals surface area contributed by atoms with E-state index in [-0.39, 0.29) is 24.9 Å². The van der Waals surface area contributed by atoms with Crippen LogP contribution in [0.15, 0.2) is 48.5 Å². The molecule has 4 rings (SSSR count). The summed E-state index contributed by atoms with van der Waals surface area (Å²) < 4.78 is 5.41. The summed E-state index contributed by atoms with van der Waals surface area (Å²) in [7, 11) is 0. The van der Waals surface area contributed by atoms with E-state index in [1.165, 1.54) is 0 Å². The molecule has 1 fully saturated rings. The topological polar surface area (TPSA) is 66.8 Å². The molecule has 0 bridgehead atoms. The van der Waals surface area contributed by atoms with Gasteiger partial charge in [0.05, 0.1) is 31.6 Å². The smallest absolute Gasteiger partial charge is 0.305 e. The number of morpholine rings is 1. The summed E-state index contributed by atoms with van der Waals surface area (Å²) in [5.41, 5.74) is 4.16. The summed E-state index contributed by atoms with van der Waals surface area (Å²) >= 11 is 0. The van der Waals surface area contributed by atoms with Crippen molar-refractivity contribution in [1.29, 1.82) is 0 Å². The molecule has 1 aliphatic heterocycles. The van der Waals surface area contributed by atoms with Crippen molar-refractivity contribution in [2.45, 2.75) is 18.4 Å². The van der Waals surface area contributed by atoms with Gasteiger partial charge in [-0.2, -0.15) is 0 Å². The average Bonchev–Trinajstić information content (AvgIpc) is 2.96. The molecule has 0 saturated carbocycles. The molecule has 2 aromatic carbocycles.